The lowest BCUT2D eigenvalue weighted by Crippen LogP contribution is -2.55. The predicted molar refractivity (Wildman–Crippen MR) is 78.1 cm³/mol. The van der Waals surface area contributed by atoms with Crippen LogP contribution < -0.4 is 10.6 Å². The Morgan fingerprint density at radius 2 is 2.05 bits per heavy atom. The fourth-order valence-corrected chi connectivity index (χ4v) is 3.26. The average Bonchev–Trinajstić information content (AvgIpc) is 3.03. The molecule has 0 aromatic carbocycles. The normalized spacial score (nSPS) is 23.0. The Kier molecular flexibility index (Phi) is 3.78. The number of urea groups is 1. The highest BCUT2D eigenvalue weighted by Gasteiger charge is 2.47. The molecule has 0 saturated carbocycles. The summed E-state index contributed by atoms with van der Waals surface area (Å²) >= 11 is 0. The number of rotatable bonds is 1. The molecule has 1 fully saturated rings. The fraction of sp³-hybridized carbons (Fsp3) is 0.643. The molecule has 2 N–H and O–H groups in total. The van der Waals surface area contributed by atoms with Crippen LogP contribution in [0.2, 0.25) is 0 Å². The van der Waals surface area contributed by atoms with E-state index in [4.69, 9.17) is 4.74 Å². The van der Waals surface area contributed by atoms with Crippen LogP contribution in [0.15, 0.2) is 12.4 Å². The lowest BCUT2D eigenvalue weighted by atomic mass is 9.88. The predicted octanol–water partition coefficient (Wildman–Crippen LogP) is -0.342. The summed E-state index contributed by atoms with van der Waals surface area (Å²) < 4.78 is 8.15. The van der Waals surface area contributed by atoms with Crippen molar-refractivity contribution >= 4 is 11.9 Å². The van der Waals surface area contributed by atoms with E-state index in [0.717, 1.165) is 5.82 Å². The van der Waals surface area contributed by atoms with E-state index in [1.807, 2.05) is 10.8 Å². The SMILES string of the molecule is CNC(=O)[C@H]1Cn2ccnc2C2(CCN(C(=O)NC)CC2)O1. The van der Waals surface area contributed by atoms with Crippen molar-refractivity contribution in [1.29, 1.82) is 0 Å². The molecule has 22 heavy (non-hydrogen) atoms. The Bertz CT molecular complexity index is 577. The Hall–Kier alpha value is -2.09. The maximum absolute atomic E-state index is 12.0. The van der Waals surface area contributed by atoms with Crippen molar-refractivity contribution in [3.63, 3.8) is 0 Å². The molecule has 0 unspecified atom stereocenters. The van der Waals surface area contributed by atoms with Gasteiger partial charge in [-0.25, -0.2) is 9.78 Å². The molecular weight excluding hydrogens is 286 g/mol. The van der Waals surface area contributed by atoms with Crippen LogP contribution in [0.5, 0.6) is 0 Å². The quantitative estimate of drug-likeness (QED) is 0.743. The zero-order valence-corrected chi connectivity index (χ0v) is 12.8. The van der Waals surface area contributed by atoms with Gasteiger partial charge in [-0.1, -0.05) is 0 Å². The largest absolute Gasteiger partial charge is 0.357 e. The molecule has 3 amide bonds. The van der Waals surface area contributed by atoms with Crippen LogP contribution in [0.3, 0.4) is 0 Å². The molecule has 2 aliphatic rings. The van der Waals surface area contributed by atoms with Gasteiger partial charge in [0.1, 0.15) is 11.4 Å². The second-order valence-corrected chi connectivity index (χ2v) is 5.66. The summed E-state index contributed by atoms with van der Waals surface area (Å²) in [6.45, 7) is 1.62. The molecule has 0 radical (unpaired) electrons. The first-order chi connectivity index (χ1) is 10.6. The van der Waals surface area contributed by atoms with E-state index >= 15 is 0 Å². The lowest BCUT2D eigenvalue weighted by Gasteiger charge is -2.45. The van der Waals surface area contributed by atoms with Crippen molar-refractivity contribution in [3.05, 3.63) is 18.2 Å². The van der Waals surface area contributed by atoms with Crippen molar-refractivity contribution in [3.8, 4) is 0 Å². The van der Waals surface area contributed by atoms with E-state index in [2.05, 4.69) is 15.6 Å². The highest BCUT2D eigenvalue weighted by Crippen LogP contribution is 2.40. The molecule has 0 bridgehead atoms. The zero-order valence-electron chi connectivity index (χ0n) is 12.8. The minimum atomic E-state index is -0.594. The van der Waals surface area contributed by atoms with Crippen LogP contribution in [0.25, 0.3) is 0 Å². The van der Waals surface area contributed by atoms with Crippen LogP contribution in [-0.2, 0) is 21.7 Å². The number of hydrogen-bond acceptors (Lipinski definition) is 4. The Labute approximate surface area is 128 Å². The molecule has 1 aromatic rings. The zero-order chi connectivity index (χ0) is 15.7. The molecule has 3 heterocycles. The Morgan fingerprint density at radius 3 is 2.68 bits per heavy atom. The molecular formula is C14H21N5O3. The van der Waals surface area contributed by atoms with Crippen LogP contribution in [0, 0.1) is 0 Å². The second-order valence-electron chi connectivity index (χ2n) is 5.66. The third-order valence-electron chi connectivity index (χ3n) is 4.46. The van der Waals surface area contributed by atoms with Crippen LogP contribution >= 0.6 is 0 Å². The lowest BCUT2D eigenvalue weighted by molar-refractivity contribution is -0.171. The summed E-state index contributed by atoms with van der Waals surface area (Å²) in [5, 5.41) is 5.28. The monoisotopic (exact) mass is 307 g/mol. The molecule has 8 nitrogen and oxygen atoms in total. The molecule has 1 spiro atoms. The number of nitrogens with one attached hydrogen (secondary N) is 2. The van der Waals surface area contributed by atoms with Gasteiger partial charge in [0, 0.05) is 52.4 Å². The van der Waals surface area contributed by atoms with E-state index in [9.17, 15) is 9.59 Å². The standard InChI is InChI=1S/C14H21N5O3/c1-15-11(20)10-9-19-8-5-17-12(19)14(22-10)3-6-18(7-4-14)13(21)16-2/h5,8,10H,3-4,6-7,9H2,1-2H3,(H,15,20)(H,16,21)/t10-/m1/s1. The van der Waals surface area contributed by atoms with E-state index < -0.39 is 11.7 Å². The van der Waals surface area contributed by atoms with Gasteiger partial charge in [0.25, 0.3) is 5.91 Å². The first-order valence-corrected chi connectivity index (χ1v) is 7.47. The maximum atomic E-state index is 12.0. The molecule has 1 aromatic heterocycles. The summed E-state index contributed by atoms with van der Waals surface area (Å²) in [5.74, 6) is 0.719. The molecule has 8 heteroatoms. The van der Waals surface area contributed by atoms with Gasteiger partial charge in [-0.3, -0.25) is 4.79 Å². The summed E-state index contributed by atoms with van der Waals surface area (Å²) in [5.41, 5.74) is -0.594. The maximum Gasteiger partial charge on any atom is 0.317 e. The number of carbonyl (C=O) groups excluding carboxylic acids is 2. The van der Waals surface area contributed by atoms with Crippen LogP contribution in [0.1, 0.15) is 18.7 Å². The van der Waals surface area contributed by atoms with Crippen LogP contribution in [-0.4, -0.2) is 59.7 Å². The second kappa shape index (κ2) is 5.60. The number of ether oxygens (including phenoxy) is 1. The smallest absolute Gasteiger partial charge is 0.317 e. The van der Waals surface area contributed by atoms with Gasteiger partial charge in [0.15, 0.2) is 6.10 Å². The van der Waals surface area contributed by atoms with Crippen LogP contribution in [0.4, 0.5) is 4.79 Å². The third-order valence-corrected chi connectivity index (χ3v) is 4.46. The van der Waals surface area contributed by atoms with E-state index in [-0.39, 0.29) is 11.9 Å². The minimum absolute atomic E-state index is 0.0862. The number of carbonyl (C=O) groups is 2. The number of imidazole rings is 1. The third kappa shape index (κ3) is 2.33. The first-order valence-electron chi connectivity index (χ1n) is 7.47. The van der Waals surface area contributed by atoms with Gasteiger partial charge in [-0.15, -0.1) is 0 Å². The number of nitrogens with zero attached hydrogens (tertiary/aromatic N) is 3. The van der Waals surface area contributed by atoms with Crippen molar-refractivity contribution in [2.75, 3.05) is 27.2 Å². The summed E-state index contributed by atoms with van der Waals surface area (Å²) in [7, 11) is 3.23. The number of fused-ring (bicyclic) bond motifs is 2. The summed E-state index contributed by atoms with van der Waals surface area (Å²) in [6.07, 6.45) is 4.34. The highest BCUT2D eigenvalue weighted by atomic mass is 16.5. The molecule has 120 valence electrons. The number of amides is 3. The van der Waals surface area contributed by atoms with Crippen molar-refractivity contribution in [1.82, 2.24) is 25.1 Å². The van der Waals surface area contributed by atoms with E-state index in [1.54, 1.807) is 25.2 Å². The van der Waals surface area contributed by atoms with Gasteiger partial charge >= 0.3 is 6.03 Å². The molecule has 0 aliphatic carbocycles. The molecule has 1 atom stereocenters. The first kappa shape index (κ1) is 14.8. The number of hydrogen-bond donors (Lipinski definition) is 2. The number of likely N-dealkylation sites (N-methyl/N-ethyl adjacent to an activating group) is 1. The van der Waals surface area contributed by atoms with Gasteiger partial charge < -0.3 is 24.8 Å². The summed E-state index contributed by atoms with van der Waals surface area (Å²) in [6, 6.07) is -0.0862. The number of piperidine rings is 1. The van der Waals surface area contributed by atoms with Gasteiger partial charge in [0.05, 0.1) is 6.54 Å². The van der Waals surface area contributed by atoms with Gasteiger partial charge in [-0.2, -0.15) is 0 Å². The highest BCUT2D eigenvalue weighted by molar-refractivity contribution is 5.80. The summed E-state index contributed by atoms with van der Waals surface area (Å²) in [4.78, 5) is 29.9. The van der Waals surface area contributed by atoms with E-state index in [1.165, 1.54) is 0 Å². The molecule has 1 saturated heterocycles. The Balaban J connectivity index is 1.84. The van der Waals surface area contributed by atoms with Gasteiger partial charge in [0.2, 0.25) is 0 Å². The molecule has 3 rings (SSSR count). The van der Waals surface area contributed by atoms with E-state index in [0.29, 0.717) is 32.5 Å². The number of likely N-dealkylation sites (tertiary alicyclic amines) is 1. The fourth-order valence-electron chi connectivity index (χ4n) is 3.26. The van der Waals surface area contributed by atoms with Gasteiger partial charge in [-0.05, 0) is 0 Å². The van der Waals surface area contributed by atoms with Crippen molar-refractivity contribution < 1.29 is 14.3 Å². The Morgan fingerprint density at radius 1 is 1.32 bits per heavy atom. The molecule has 2 aliphatic heterocycles. The van der Waals surface area contributed by atoms with Crippen molar-refractivity contribution in [2.24, 2.45) is 0 Å². The number of aromatic nitrogens is 2. The topological polar surface area (TPSA) is 88.5 Å². The minimum Gasteiger partial charge on any atom is -0.357 e. The average molecular weight is 307 g/mol. The van der Waals surface area contributed by atoms with Crippen molar-refractivity contribution in [2.45, 2.75) is 31.1 Å².